The van der Waals surface area contributed by atoms with Gasteiger partial charge in [0.05, 0.1) is 0 Å². The van der Waals surface area contributed by atoms with Crippen LogP contribution < -0.4 is 5.73 Å². The van der Waals surface area contributed by atoms with Crippen LogP contribution in [0.4, 0.5) is 0 Å². The standard InChI is InChI=1S/C10H14BrN/c1-7-3-4-9(5-6-12)8(2)10(7)11/h3-4H,5-6,12H2,1-2H3. The van der Waals surface area contributed by atoms with Crippen LogP contribution in [0.3, 0.4) is 0 Å². The Morgan fingerprint density at radius 3 is 2.58 bits per heavy atom. The molecule has 0 bridgehead atoms. The van der Waals surface area contributed by atoms with Crippen molar-refractivity contribution in [3.8, 4) is 0 Å². The smallest absolute Gasteiger partial charge is 0.0236 e. The van der Waals surface area contributed by atoms with Gasteiger partial charge in [-0.2, -0.15) is 0 Å². The van der Waals surface area contributed by atoms with Crippen LogP contribution in [0.5, 0.6) is 0 Å². The van der Waals surface area contributed by atoms with E-state index >= 15 is 0 Å². The molecule has 0 saturated carbocycles. The predicted molar refractivity (Wildman–Crippen MR) is 56.4 cm³/mol. The fraction of sp³-hybridized carbons (Fsp3) is 0.400. The van der Waals surface area contributed by atoms with Crippen LogP contribution >= 0.6 is 15.9 Å². The molecule has 0 aliphatic heterocycles. The average molecular weight is 228 g/mol. The van der Waals surface area contributed by atoms with E-state index in [1.807, 2.05) is 0 Å². The first-order valence-electron chi connectivity index (χ1n) is 4.11. The first kappa shape index (κ1) is 9.75. The molecule has 0 heterocycles. The van der Waals surface area contributed by atoms with E-state index in [0.29, 0.717) is 0 Å². The summed E-state index contributed by atoms with van der Waals surface area (Å²) in [6, 6.07) is 4.28. The minimum atomic E-state index is 0.719. The Bertz CT molecular complexity index is 281. The largest absolute Gasteiger partial charge is 0.330 e. The first-order chi connectivity index (χ1) is 5.66. The zero-order valence-corrected chi connectivity index (χ0v) is 9.11. The molecule has 0 aromatic heterocycles. The van der Waals surface area contributed by atoms with Gasteiger partial charge in [0, 0.05) is 4.47 Å². The van der Waals surface area contributed by atoms with Gasteiger partial charge in [-0.25, -0.2) is 0 Å². The van der Waals surface area contributed by atoms with Gasteiger partial charge in [0.15, 0.2) is 0 Å². The molecule has 0 spiro atoms. The maximum absolute atomic E-state index is 5.50. The second kappa shape index (κ2) is 4.06. The van der Waals surface area contributed by atoms with Gasteiger partial charge in [-0.3, -0.25) is 0 Å². The number of nitrogens with two attached hydrogens (primary N) is 1. The van der Waals surface area contributed by atoms with E-state index in [0.717, 1.165) is 13.0 Å². The van der Waals surface area contributed by atoms with Gasteiger partial charge in [0.25, 0.3) is 0 Å². The van der Waals surface area contributed by atoms with Gasteiger partial charge < -0.3 is 5.73 Å². The van der Waals surface area contributed by atoms with E-state index in [9.17, 15) is 0 Å². The van der Waals surface area contributed by atoms with Crippen LogP contribution in [0, 0.1) is 13.8 Å². The summed E-state index contributed by atoms with van der Waals surface area (Å²) in [7, 11) is 0. The molecule has 0 fully saturated rings. The Labute approximate surface area is 82.1 Å². The minimum Gasteiger partial charge on any atom is -0.330 e. The normalized spacial score (nSPS) is 10.3. The van der Waals surface area contributed by atoms with E-state index in [1.54, 1.807) is 0 Å². The monoisotopic (exact) mass is 227 g/mol. The lowest BCUT2D eigenvalue weighted by Gasteiger charge is -2.08. The lowest BCUT2D eigenvalue weighted by molar-refractivity contribution is 0.954. The first-order valence-corrected chi connectivity index (χ1v) is 4.90. The topological polar surface area (TPSA) is 26.0 Å². The Morgan fingerprint density at radius 1 is 1.33 bits per heavy atom. The fourth-order valence-corrected chi connectivity index (χ4v) is 1.67. The lowest BCUT2D eigenvalue weighted by Crippen LogP contribution is -2.04. The quantitative estimate of drug-likeness (QED) is 0.827. The number of hydrogen-bond acceptors (Lipinski definition) is 1. The van der Waals surface area contributed by atoms with Crippen molar-refractivity contribution >= 4 is 15.9 Å². The second-order valence-corrected chi connectivity index (χ2v) is 3.81. The average Bonchev–Trinajstić information content (AvgIpc) is 2.07. The molecular formula is C10H14BrN. The summed E-state index contributed by atoms with van der Waals surface area (Å²) in [5.74, 6) is 0. The number of benzene rings is 1. The molecule has 0 amide bonds. The molecule has 1 rings (SSSR count). The van der Waals surface area contributed by atoms with Crippen molar-refractivity contribution in [2.24, 2.45) is 5.73 Å². The molecule has 0 aliphatic rings. The van der Waals surface area contributed by atoms with Crippen LogP contribution in [0.1, 0.15) is 16.7 Å². The summed E-state index contributed by atoms with van der Waals surface area (Å²) in [5.41, 5.74) is 9.45. The van der Waals surface area contributed by atoms with Crippen molar-refractivity contribution in [2.75, 3.05) is 6.54 Å². The molecule has 12 heavy (non-hydrogen) atoms. The van der Waals surface area contributed by atoms with Gasteiger partial charge in [-0.1, -0.05) is 28.1 Å². The Hall–Kier alpha value is -0.340. The molecule has 2 N–H and O–H groups in total. The fourth-order valence-electron chi connectivity index (χ4n) is 1.29. The van der Waals surface area contributed by atoms with E-state index < -0.39 is 0 Å². The third-order valence-electron chi connectivity index (χ3n) is 2.11. The Kier molecular flexibility index (Phi) is 3.29. The highest BCUT2D eigenvalue weighted by Gasteiger charge is 2.03. The molecule has 1 nitrogen and oxygen atoms in total. The predicted octanol–water partition coefficient (Wildman–Crippen LogP) is 2.57. The number of rotatable bonds is 2. The number of halogens is 1. The maximum atomic E-state index is 5.50. The van der Waals surface area contributed by atoms with E-state index in [4.69, 9.17) is 5.73 Å². The maximum Gasteiger partial charge on any atom is 0.0236 e. The summed E-state index contributed by atoms with van der Waals surface area (Å²) in [6.07, 6.45) is 0.963. The number of hydrogen-bond donors (Lipinski definition) is 1. The highest BCUT2D eigenvalue weighted by atomic mass is 79.9. The summed E-state index contributed by atoms with van der Waals surface area (Å²) in [6.45, 7) is 4.95. The van der Waals surface area contributed by atoms with Crippen molar-refractivity contribution < 1.29 is 0 Å². The zero-order valence-electron chi connectivity index (χ0n) is 7.52. The molecule has 1 aromatic carbocycles. The molecule has 0 saturated heterocycles. The highest BCUT2D eigenvalue weighted by Crippen LogP contribution is 2.23. The molecular weight excluding hydrogens is 214 g/mol. The van der Waals surface area contributed by atoms with Gasteiger partial charge >= 0.3 is 0 Å². The van der Waals surface area contributed by atoms with Crippen molar-refractivity contribution in [1.82, 2.24) is 0 Å². The Balaban J connectivity index is 3.08. The molecule has 1 aromatic rings. The Morgan fingerprint density at radius 2 is 2.00 bits per heavy atom. The van der Waals surface area contributed by atoms with Crippen molar-refractivity contribution in [1.29, 1.82) is 0 Å². The van der Waals surface area contributed by atoms with E-state index in [-0.39, 0.29) is 0 Å². The van der Waals surface area contributed by atoms with Crippen LogP contribution in [0.15, 0.2) is 16.6 Å². The summed E-state index contributed by atoms with van der Waals surface area (Å²) in [4.78, 5) is 0. The van der Waals surface area contributed by atoms with E-state index in [1.165, 1.54) is 21.2 Å². The van der Waals surface area contributed by atoms with Gasteiger partial charge in [-0.05, 0) is 43.5 Å². The van der Waals surface area contributed by atoms with Gasteiger partial charge in [0.1, 0.15) is 0 Å². The summed E-state index contributed by atoms with van der Waals surface area (Å²) < 4.78 is 1.22. The van der Waals surface area contributed by atoms with Crippen LogP contribution in [-0.4, -0.2) is 6.54 Å². The van der Waals surface area contributed by atoms with Crippen LogP contribution in [-0.2, 0) is 6.42 Å². The SMILES string of the molecule is Cc1ccc(CCN)c(C)c1Br. The zero-order chi connectivity index (χ0) is 9.14. The van der Waals surface area contributed by atoms with Gasteiger partial charge in [0.2, 0.25) is 0 Å². The molecule has 2 heteroatoms. The van der Waals surface area contributed by atoms with Gasteiger partial charge in [-0.15, -0.1) is 0 Å². The summed E-state index contributed by atoms with van der Waals surface area (Å²) >= 11 is 3.56. The number of aryl methyl sites for hydroxylation is 1. The van der Waals surface area contributed by atoms with Crippen LogP contribution in [0.25, 0.3) is 0 Å². The van der Waals surface area contributed by atoms with Crippen LogP contribution in [0.2, 0.25) is 0 Å². The van der Waals surface area contributed by atoms with Crippen molar-refractivity contribution in [3.05, 3.63) is 33.3 Å². The molecule has 66 valence electrons. The highest BCUT2D eigenvalue weighted by molar-refractivity contribution is 9.10. The summed E-state index contributed by atoms with van der Waals surface area (Å²) in [5, 5.41) is 0. The molecule has 0 unspecified atom stereocenters. The molecule has 0 radical (unpaired) electrons. The van der Waals surface area contributed by atoms with Crippen molar-refractivity contribution in [3.63, 3.8) is 0 Å². The third kappa shape index (κ3) is 1.87. The molecule has 0 atom stereocenters. The molecule has 0 aliphatic carbocycles. The second-order valence-electron chi connectivity index (χ2n) is 3.02. The van der Waals surface area contributed by atoms with E-state index in [2.05, 4.69) is 41.9 Å². The third-order valence-corrected chi connectivity index (χ3v) is 3.33. The van der Waals surface area contributed by atoms with Crippen molar-refractivity contribution in [2.45, 2.75) is 20.3 Å². The lowest BCUT2D eigenvalue weighted by atomic mass is 10.0. The minimum absolute atomic E-state index is 0.719.